The van der Waals surface area contributed by atoms with Gasteiger partial charge < -0.3 is 9.11 Å². The first kappa shape index (κ1) is 39.7. The Labute approximate surface area is 323 Å². The molecule has 0 aromatic carbocycles. The Bertz CT molecular complexity index is 1720. The van der Waals surface area contributed by atoms with Crippen molar-refractivity contribution in [2.24, 2.45) is 52.5 Å². The fourth-order valence-corrected chi connectivity index (χ4v) is 18.1. The van der Waals surface area contributed by atoms with Crippen molar-refractivity contribution >= 4 is 30.3 Å². The molecule has 0 spiro atoms. The number of hydrogen-bond acceptors (Lipinski definition) is 16. The zero-order valence-corrected chi connectivity index (χ0v) is 32.9. The number of nitrogens with two attached hydrogens (primary N) is 1. The number of nitrogens with one attached hydrogen (secondary N) is 8. The standard InChI is InChI=1S/C32H57N9O8S3.Cu/c33-50(42,43)21-13-20-22(24(52(47,48)49)23(21)51(44,45)46)32-40-30-19-12-6-5-11-18(19)28(38-30)36-26-15-8-2-1-7-14(15)25(34-26)35-27-16-9-3-4-10-17(16)29(37-27)39-31(20)41-32;/h14-32,34-41H,1-13H2,(H2,33,42,43)(H,44,45,46)(H,47,48,49);/q;+2/p-2. The quantitative estimate of drug-likeness (QED) is 0.109. The first-order valence-electron chi connectivity index (χ1n) is 19.7. The van der Waals surface area contributed by atoms with Crippen LogP contribution in [0.25, 0.3) is 0 Å². The Morgan fingerprint density at radius 2 is 0.679 bits per heavy atom. The maximum atomic E-state index is 13.2. The third-order valence-corrected chi connectivity index (χ3v) is 19.3. The van der Waals surface area contributed by atoms with Crippen molar-refractivity contribution in [2.45, 2.75) is 149 Å². The smallest absolute Gasteiger partial charge is 0.748 e. The maximum Gasteiger partial charge on any atom is 2.00 e. The molecule has 19 unspecified atom stereocenters. The molecule has 21 heteroatoms. The summed E-state index contributed by atoms with van der Waals surface area (Å²) in [5.74, 6) is -0.143. The van der Waals surface area contributed by atoms with Crippen molar-refractivity contribution in [1.29, 1.82) is 0 Å². The van der Waals surface area contributed by atoms with Gasteiger partial charge in [-0.25, -0.2) is 30.4 Å². The summed E-state index contributed by atoms with van der Waals surface area (Å²) in [5.41, 5.74) is 0. The van der Waals surface area contributed by atoms with Crippen molar-refractivity contribution in [2.75, 3.05) is 0 Å². The molecule has 1 radical (unpaired) electrons. The van der Waals surface area contributed by atoms with Gasteiger partial charge in [0.2, 0.25) is 10.0 Å². The van der Waals surface area contributed by atoms with E-state index >= 15 is 0 Å². The average molecular weight is 854 g/mol. The average Bonchev–Trinajstić information content (AvgIpc) is 3.82. The van der Waals surface area contributed by atoms with E-state index in [4.69, 9.17) is 5.14 Å². The summed E-state index contributed by atoms with van der Waals surface area (Å²) in [4.78, 5) is 0. The summed E-state index contributed by atoms with van der Waals surface area (Å²) in [6.45, 7) is 0. The van der Waals surface area contributed by atoms with Gasteiger partial charge in [0.15, 0.2) is 0 Å². The molecule has 9 rings (SSSR count). The number of sulfonamides is 1. The Balaban J connectivity index is 0.00000400. The Kier molecular flexibility index (Phi) is 11.0. The molecule has 9 aliphatic rings. The van der Waals surface area contributed by atoms with Crippen LogP contribution in [-0.4, -0.2) is 99.4 Å². The maximum absolute atomic E-state index is 13.2. The minimum absolute atomic E-state index is 0. The second-order valence-corrected chi connectivity index (χ2v) is 22.4. The normalized spacial score (nSPS) is 51.3. The molecule has 4 aliphatic carbocycles. The summed E-state index contributed by atoms with van der Waals surface area (Å²) < 4.78 is 104. The van der Waals surface area contributed by atoms with Gasteiger partial charge in [-0.2, -0.15) is 0 Å². The number of fused-ring (bicyclic) bond motifs is 20. The van der Waals surface area contributed by atoms with Crippen LogP contribution in [-0.2, 0) is 47.3 Å². The van der Waals surface area contributed by atoms with Gasteiger partial charge >= 0.3 is 17.1 Å². The minimum atomic E-state index is -5.61. The van der Waals surface area contributed by atoms with E-state index in [9.17, 15) is 34.4 Å². The molecule has 9 fully saturated rings. The fraction of sp³-hybridized carbons (Fsp3) is 1.00. The summed E-state index contributed by atoms with van der Waals surface area (Å²) in [6.07, 6.45) is 10.5. The largest absolute Gasteiger partial charge is 2.00 e. The van der Waals surface area contributed by atoms with Crippen LogP contribution in [0.5, 0.6) is 0 Å². The minimum Gasteiger partial charge on any atom is -0.748 e. The van der Waals surface area contributed by atoms with Crippen molar-refractivity contribution < 1.29 is 51.4 Å². The molecule has 19 atom stereocenters. The fourth-order valence-electron chi connectivity index (χ4n) is 13.0. The van der Waals surface area contributed by atoms with Gasteiger partial charge in [0.1, 0.15) is 10.1 Å². The molecule has 0 aromatic rings. The van der Waals surface area contributed by atoms with Crippen molar-refractivity contribution in [3.8, 4) is 0 Å². The van der Waals surface area contributed by atoms with E-state index in [-0.39, 0.29) is 71.8 Å². The van der Waals surface area contributed by atoms with Crippen LogP contribution in [0.3, 0.4) is 0 Å². The third-order valence-electron chi connectivity index (χ3n) is 15.0. The molecular formula is C32H55CuN9O8S3. The SMILES string of the molecule is NS(=O)(=O)C1CC2C3NC4NC(NC5NC(NC6NC(NC(N3)C2C(S(=O)(=O)[O-])C1S(=O)(=O)[O-])C1CCCCC61)C1CCCCC51)C1CCCCC41.[Cu+2]. The predicted octanol–water partition coefficient (Wildman–Crippen LogP) is -2.08. The van der Waals surface area contributed by atoms with Gasteiger partial charge in [-0.3, -0.25) is 42.5 Å². The predicted molar refractivity (Wildman–Crippen MR) is 187 cm³/mol. The van der Waals surface area contributed by atoms with Crippen LogP contribution >= 0.6 is 0 Å². The van der Waals surface area contributed by atoms with Crippen LogP contribution in [0.2, 0.25) is 0 Å². The van der Waals surface area contributed by atoms with Crippen LogP contribution < -0.4 is 47.7 Å². The molecule has 5 heterocycles. The molecule has 5 saturated heterocycles. The van der Waals surface area contributed by atoms with E-state index in [0.29, 0.717) is 17.8 Å². The molecule has 53 heavy (non-hydrogen) atoms. The van der Waals surface area contributed by atoms with E-state index < -0.39 is 76.6 Å². The van der Waals surface area contributed by atoms with E-state index in [1.807, 2.05) is 0 Å². The molecule has 17 nitrogen and oxygen atoms in total. The number of primary sulfonamides is 1. The Morgan fingerprint density at radius 1 is 0.415 bits per heavy atom. The van der Waals surface area contributed by atoms with Gasteiger partial charge in [-0.05, 0) is 86.4 Å². The summed E-state index contributed by atoms with van der Waals surface area (Å²) in [7, 11) is -15.9. The number of hydrogen-bond donors (Lipinski definition) is 9. The molecule has 0 amide bonds. The summed E-state index contributed by atoms with van der Waals surface area (Å²) >= 11 is 0. The summed E-state index contributed by atoms with van der Waals surface area (Å²) in [5, 5.41) is 29.1. The first-order chi connectivity index (χ1) is 24.7. The van der Waals surface area contributed by atoms with E-state index in [0.717, 1.165) is 64.2 Å². The molecule has 5 aliphatic heterocycles. The Hall–Kier alpha value is -0.0705. The van der Waals surface area contributed by atoms with Crippen LogP contribution in [0.4, 0.5) is 0 Å². The third kappa shape index (κ3) is 7.11. The van der Waals surface area contributed by atoms with Gasteiger partial charge in [0.05, 0.1) is 75.2 Å². The first-order valence-corrected chi connectivity index (χ1v) is 24.2. The monoisotopic (exact) mass is 852 g/mol. The molecule has 8 bridgehead atoms. The van der Waals surface area contributed by atoms with Gasteiger partial charge in [0, 0.05) is 5.92 Å². The molecule has 0 aromatic heterocycles. The summed E-state index contributed by atoms with van der Waals surface area (Å²) in [6, 6.07) is 0. The van der Waals surface area contributed by atoms with E-state index in [1.54, 1.807) is 0 Å². The van der Waals surface area contributed by atoms with Gasteiger partial charge in [-0.15, -0.1) is 0 Å². The molecule has 4 saturated carbocycles. The van der Waals surface area contributed by atoms with Crippen LogP contribution in [0.15, 0.2) is 0 Å². The molecule has 305 valence electrons. The molecule has 10 N–H and O–H groups in total. The second kappa shape index (κ2) is 14.6. The van der Waals surface area contributed by atoms with Crippen LogP contribution in [0, 0.1) is 47.3 Å². The number of rotatable bonds is 3. The van der Waals surface area contributed by atoms with Crippen LogP contribution in [0.1, 0.15) is 83.5 Å². The van der Waals surface area contributed by atoms with Crippen molar-refractivity contribution in [3.63, 3.8) is 0 Å². The molecular weight excluding hydrogens is 798 g/mol. The van der Waals surface area contributed by atoms with E-state index in [1.165, 1.54) is 12.8 Å². The van der Waals surface area contributed by atoms with Gasteiger partial charge in [0.25, 0.3) is 0 Å². The Morgan fingerprint density at radius 3 is 0.943 bits per heavy atom. The topological polar surface area (TPSA) is 271 Å². The second-order valence-electron chi connectivity index (χ2n) is 17.5. The zero-order chi connectivity index (χ0) is 36.3. The zero-order valence-electron chi connectivity index (χ0n) is 29.5. The van der Waals surface area contributed by atoms with E-state index in [2.05, 4.69) is 42.5 Å². The van der Waals surface area contributed by atoms with Crippen molar-refractivity contribution in [1.82, 2.24) is 42.5 Å². The van der Waals surface area contributed by atoms with Gasteiger partial charge in [-0.1, -0.05) is 38.5 Å². The van der Waals surface area contributed by atoms with Crippen molar-refractivity contribution in [3.05, 3.63) is 0 Å².